The molecule has 0 aliphatic rings. The number of alkyl halides is 27. The highest BCUT2D eigenvalue weighted by Crippen LogP contribution is 2.67. The van der Waals surface area contributed by atoms with E-state index in [1.807, 2.05) is 0 Å². The molecule has 0 saturated heterocycles. The van der Waals surface area contributed by atoms with Crippen molar-refractivity contribution in [1.82, 2.24) is 0 Å². The fraction of sp³-hybridized carbons (Fsp3) is 1.00. The largest absolute Gasteiger partial charge is 0.460 e. The Labute approximate surface area is 225 Å². The van der Waals surface area contributed by atoms with E-state index in [2.05, 4.69) is 0 Å². The van der Waals surface area contributed by atoms with Crippen molar-refractivity contribution < 1.29 is 114 Å². The summed E-state index contributed by atoms with van der Waals surface area (Å²) in [7, 11) is 0. The molecule has 0 spiro atoms. The first-order valence-corrected chi connectivity index (χ1v) is 10.4. The van der Waals surface area contributed by atoms with Crippen molar-refractivity contribution in [2.24, 2.45) is 5.92 Å². The third-order valence-electron chi connectivity index (χ3n) is 5.16. The maximum absolute atomic E-state index is 14.3. The van der Waals surface area contributed by atoms with Crippen molar-refractivity contribution in [2.75, 3.05) is 0 Å². The summed E-state index contributed by atoms with van der Waals surface area (Å²) < 4.78 is 341. The zero-order valence-electron chi connectivity index (χ0n) is 18.4. The van der Waals surface area contributed by atoms with Crippen LogP contribution in [0.5, 0.6) is 0 Å². The second-order valence-corrected chi connectivity index (χ2v) is 9.96. The van der Waals surface area contributed by atoms with E-state index in [4.69, 9.17) is 0 Å². The van der Waals surface area contributed by atoms with Gasteiger partial charge < -0.3 is 0 Å². The molecule has 254 valence electrons. The van der Waals surface area contributed by atoms with Crippen molar-refractivity contribution in [1.29, 1.82) is 0 Å². The summed E-state index contributed by atoms with van der Waals surface area (Å²) in [6.07, 6.45) is -16.1. The Morgan fingerprint density at radius 3 is 0.619 bits per heavy atom. The highest BCUT2D eigenvalue weighted by Gasteiger charge is 2.96. The lowest BCUT2D eigenvalue weighted by Crippen LogP contribution is -2.75. The van der Waals surface area contributed by atoms with Crippen molar-refractivity contribution in [3.63, 3.8) is 0 Å². The van der Waals surface area contributed by atoms with Crippen molar-refractivity contribution >= 4 is 22.6 Å². The van der Waals surface area contributed by atoms with E-state index < -0.39 is 88.3 Å². The zero-order chi connectivity index (χ0) is 35.2. The second-order valence-electron chi connectivity index (χ2n) is 7.99. The van der Waals surface area contributed by atoms with E-state index >= 15 is 0 Å². The van der Waals surface area contributed by atoms with Crippen LogP contribution in [0.15, 0.2) is 0 Å². The number of hydrogen-bond donors (Lipinski definition) is 0. The van der Waals surface area contributed by atoms with Crippen LogP contribution < -0.4 is 0 Å². The molecule has 0 heterocycles. The minimum atomic E-state index is -9.01. The van der Waals surface area contributed by atoms with Crippen molar-refractivity contribution in [3.8, 4) is 0 Å². The summed E-state index contributed by atoms with van der Waals surface area (Å²) >= 11 is -0.357. The van der Waals surface area contributed by atoms with Crippen LogP contribution in [0.25, 0.3) is 0 Å². The SMILES string of the molecule is CC(I)C(C(F)(F)C(F)(F)C(F)(F)C(F)(F)C(F)(F)C(F)(F)F)C(F)(F)C(F)(F)C(F)(F)C(F)(F)C(F)(F)C(F)(F)F. The second kappa shape index (κ2) is 10.2. The molecule has 0 N–H and O–H groups in total. The minimum absolute atomic E-state index is 0.357. The predicted octanol–water partition coefficient (Wildman–Crippen LogP) is 9.90. The van der Waals surface area contributed by atoms with E-state index in [1.54, 1.807) is 0 Å². The van der Waals surface area contributed by atoms with E-state index in [9.17, 15) is 114 Å². The van der Waals surface area contributed by atoms with Crippen LogP contribution in [0, 0.1) is 5.92 Å². The maximum atomic E-state index is 14.3. The monoisotopic (exact) mass is 806 g/mol. The van der Waals surface area contributed by atoms with Gasteiger partial charge in [0.1, 0.15) is 5.92 Å². The molecule has 1 unspecified atom stereocenters. The molecule has 0 aromatic carbocycles. The van der Waals surface area contributed by atoms with Gasteiger partial charge in [0.05, 0.1) is 0 Å². The fourth-order valence-corrected chi connectivity index (χ4v) is 3.66. The van der Waals surface area contributed by atoms with Crippen LogP contribution in [0.4, 0.5) is 114 Å². The summed E-state index contributed by atoms with van der Waals surface area (Å²) in [5.74, 6) is -93.8. The first-order chi connectivity index (χ1) is 17.6. The Balaban J connectivity index is 7.53. The van der Waals surface area contributed by atoms with E-state index in [-0.39, 0.29) is 22.6 Å². The first kappa shape index (κ1) is 40.9. The summed E-state index contributed by atoms with van der Waals surface area (Å²) in [5.41, 5.74) is 0. The van der Waals surface area contributed by atoms with Gasteiger partial charge in [-0.3, -0.25) is 0 Å². The van der Waals surface area contributed by atoms with Crippen molar-refractivity contribution in [2.45, 2.75) is 82.4 Å². The highest BCUT2D eigenvalue weighted by molar-refractivity contribution is 14.1. The average Bonchev–Trinajstić information content (AvgIpc) is 2.69. The Bertz CT molecular complexity index is 891. The van der Waals surface area contributed by atoms with Gasteiger partial charge in [-0.05, 0) is 0 Å². The Morgan fingerprint density at radius 2 is 0.476 bits per heavy atom. The molecule has 0 radical (unpaired) electrons. The lowest BCUT2D eigenvalue weighted by molar-refractivity contribution is -0.461. The molecule has 42 heavy (non-hydrogen) atoms. The molecule has 0 rings (SSSR count). The molecule has 0 aromatic heterocycles. The van der Waals surface area contributed by atoms with Gasteiger partial charge >= 0.3 is 71.6 Å². The summed E-state index contributed by atoms with van der Waals surface area (Å²) in [6, 6.07) is 0. The Hall–Kier alpha value is -1.09. The van der Waals surface area contributed by atoms with Gasteiger partial charge in [-0.1, -0.05) is 29.5 Å². The highest BCUT2D eigenvalue weighted by atomic mass is 127. The van der Waals surface area contributed by atoms with Gasteiger partial charge in [0.15, 0.2) is 0 Å². The number of halogens is 27. The topological polar surface area (TPSA) is 0 Å². The summed E-state index contributed by atoms with van der Waals surface area (Å²) in [4.78, 5) is 0. The van der Waals surface area contributed by atoms with Gasteiger partial charge in [-0.2, -0.15) is 114 Å². The third kappa shape index (κ3) is 5.08. The van der Waals surface area contributed by atoms with Gasteiger partial charge in [-0.25, -0.2) is 0 Å². The van der Waals surface area contributed by atoms with E-state index in [1.165, 1.54) is 0 Å². The molecule has 0 aromatic rings. The molecule has 0 amide bonds. The smallest absolute Gasteiger partial charge is 0.199 e. The van der Waals surface area contributed by atoms with E-state index in [0.717, 1.165) is 0 Å². The standard InChI is InChI=1S/C15H5F26I/c1-2(42)3(4(16,17)6(20,21)8(24,25)10(28,29)12(32,33)14(36,37)38)5(18,19)7(22,23)9(26,27)11(30,31)13(34,35)15(39,40)41/h2-3H,1H3. The third-order valence-corrected chi connectivity index (χ3v) is 5.88. The zero-order valence-corrected chi connectivity index (χ0v) is 20.5. The van der Waals surface area contributed by atoms with Crippen LogP contribution in [0.1, 0.15) is 6.92 Å². The van der Waals surface area contributed by atoms with Crippen LogP contribution in [-0.2, 0) is 0 Å². The van der Waals surface area contributed by atoms with Crippen LogP contribution in [0.2, 0.25) is 0 Å². The van der Waals surface area contributed by atoms with Gasteiger partial charge in [-0.15, -0.1) is 0 Å². The molecule has 0 fully saturated rings. The molecule has 1 atom stereocenters. The maximum Gasteiger partial charge on any atom is 0.460 e. The molecule has 0 aliphatic heterocycles. The molecule has 0 aliphatic carbocycles. The number of hydrogen-bond acceptors (Lipinski definition) is 0. The average molecular weight is 806 g/mol. The Kier molecular flexibility index (Phi) is 9.95. The fourth-order valence-electron chi connectivity index (χ4n) is 2.76. The Morgan fingerprint density at radius 1 is 0.310 bits per heavy atom. The van der Waals surface area contributed by atoms with E-state index in [0.29, 0.717) is 0 Å². The number of rotatable bonds is 11. The first-order valence-electron chi connectivity index (χ1n) is 9.12. The summed E-state index contributed by atoms with van der Waals surface area (Å²) in [5, 5.41) is 0. The minimum Gasteiger partial charge on any atom is -0.199 e. The van der Waals surface area contributed by atoms with Crippen LogP contribution in [-0.4, -0.2) is 75.5 Å². The lowest BCUT2D eigenvalue weighted by atomic mass is 9.78. The van der Waals surface area contributed by atoms with Gasteiger partial charge in [0.25, 0.3) is 0 Å². The normalized spacial score (nSPS) is 17.6. The molecule has 0 bridgehead atoms. The lowest BCUT2D eigenvalue weighted by Gasteiger charge is -2.47. The predicted molar refractivity (Wildman–Crippen MR) is 88.6 cm³/mol. The molecule has 0 nitrogen and oxygen atoms in total. The van der Waals surface area contributed by atoms with Crippen molar-refractivity contribution in [3.05, 3.63) is 0 Å². The molecule has 27 heteroatoms. The molecular formula is C15H5F26I. The van der Waals surface area contributed by atoms with Crippen LogP contribution >= 0.6 is 22.6 Å². The molecule has 0 saturated carbocycles. The quantitative estimate of drug-likeness (QED) is 0.111. The van der Waals surface area contributed by atoms with Gasteiger partial charge in [0, 0.05) is 3.92 Å². The molecular weight excluding hydrogens is 801 g/mol. The summed E-state index contributed by atoms with van der Waals surface area (Å²) in [6.45, 7) is -0.652. The van der Waals surface area contributed by atoms with Crippen LogP contribution in [0.3, 0.4) is 0 Å². The van der Waals surface area contributed by atoms with Gasteiger partial charge in [0.2, 0.25) is 0 Å².